The molecule has 0 bridgehead atoms. The van der Waals surface area contributed by atoms with Crippen molar-refractivity contribution in [2.45, 2.75) is 12.8 Å². The average Bonchev–Trinajstić information content (AvgIpc) is 2.98. The Hall–Kier alpha value is -3.15. The molecular formula is C18H19N5O. The molecule has 24 heavy (non-hydrogen) atoms. The minimum atomic E-state index is 0.355. The highest BCUT2D eigenvalue weighted by Crippen LogP contribution is 2.27. The van der Waals surface area contributed by atoms with Crippen molar-refractivity contribution in [3.05, 3.63) is 66.4 Å². The number of benzene rings is 2. The summed E-state index contributed by atoms with van der Waals surface area (Å²) in [6.45, 7) is 0.609. The van der Waals surface area contributed by atoms with Crippen molar-refractivity contribution in [1.29, 1.82) is 0 Å². The molecule has 1 heterocycles. The normalized spacial score (nSPS) is 11.0. The number of hydrogen-bond acceptors (Lipinski definition) is 5. The molecule has 6 heteroatoms. The van der Waals surface area contributed by atoms with Crippen LogP contribution < -0.4 is 10.5 Å². The van der Waals surface area contributed by atoms with Gasteiger partial charge in [-0.2, -0.15) is 10.2 Å². The Bertz CT molecular complexity index is 784. The second kappa shape index (κ2) is 7.92. The molecule has 0 saturated carbocycles. The molecule has 3 aromatic rings. The number of aromatic amines is 1. The number of anilines is 1. The van der Waals surface area contributed by atoms with Crippen LogP contribution >= 0.6 is 0 Å². The van der Waals surface area contributed by atoms with Crippen molar-refractivity contribution in [1.82, 2.24) is 10.2 Å². The molecule has 0 saturated heterocycles. The van der Waals surface area contributed by atoms with Crippen LogP contribution in [-0.2, 0) is 6.42 Å². The maximum Gasteiger partial charge on any atom is 0.173 e. The molecular weight excluding hydrogens is 302 g/mol. The number of nitrogens with zero attached hydrogens (tertiary/aromatic N) is 3. The van der Waals surface area contributed by atoms with Gasteiger partial charge in [-0.3, -0.25) is 5.10 Å². The summed E-state index contributed by atoms with van der Waals surface area (Å²) >= 11 is 0. The zero-order valence-electron chi connectivity index (χ0n) is 13.2. The Kier molecular flexibility index (Phi) is 5.19. The Labute approximate surface area is 140 Å². The molecule has 0 aliphatic carbocycles. The van der Waals surface area contributed by atoms with Crippen LogP contribution in [0.1, 0.15) is 12.1 Å². The van der Waals surface area contributed by atoms with Crippen molar-refractivity contribution in [2.24, 2.45) is 10.2 Å². The van der Waals surface area contributed by atoms with Gasteiger partial charge in [0.15, 0.2) is 11.5 Å². The van der Waals surface area contributed by atoms with E-state index in [4.69, 9.17) is 10.5 Å². The molecule has 0 unspecified atom stereocenters. The van der Waals surface area contributed by atoms with Gasteiger partial charge in [-0.15, -0.1) is 5.11 Å². The number of nitrogens with one attached hydrogen (secondary N) is 1. The van der Waals surface area contributed by atoms with Gasteiger partial charge in [0.1, 0.15) is 5.75 Å². The number of nitrogens with two attached hydrogens (primary N) is 1. The van der Waals surface area contributed by atoms with E-state index in [0.29, 0.717) is 18.1 Å². The first-order chi connectivity index (χ1) is 11.8. The monoisotopic (exact) mass is 321 g/mol. The maximum absolute atomic E-state index is 5.87. The molecule has 122 valence electrons. The van der Waals surface area contributed by atoms with E-state index in [1.165, 1.54) is 0 Å². The number of azo groups is 1. The zero-order chi connectivity index (χ0) is 16.6. The summed E-state index contributed by atoms with van der Waals surface area (Å²) in [5, 5.41) is 15.4. The van der Waals surface area contributed by atoms with Gasteiger partial charge in [-0.25, -0.2) is 0 Å². The van der Waals surface area contributed by atoms with E-state index >= 15 is 0 Å². The highest BCUT2D eigenvalue weighted by atomic mass is 16.5. The zero-order valence-corrected chi connectivity index (χ0v) is 13.2. The van der Waals surface area contributed by atoms with E-state index in [9.17, 15) is 0 Å². The molecule has 2 aromatic carbocycles. The van der Waals surface area contributed by atoms with Crippen LogP contribution in [0, 0.1) is 0 Å². The van der Waals surface area contributed by atoms with Crippen molar-refractivity contribution in [3.8, 4) is 5.75 Å². The number of aryl methyl sites for hydroxylation is 1. The highest BCUT2D eigenvalue weighted by Gasteiger charge is 2.10. The van der Waals surface area contributed by atoms with E-state index in [0.717, 1.165) is 30.0 Å². The van der Waals surface area contributed by atoms with Gasteiger partial charge >= 0.3 is 0 Å². The molecule has 3 N–H and O–H groups in total. The number of ether oxygens (including phenoxy) is 1. The second-order valence-corrected chi connectivity index (χ2v) is 5.24. The van der Waals surface area contributed by atoms with Crippen LogP contribution in [-0.4, -0.2) is 16.8 Å². The summed E-state index contributed by atoms with van der Waals surface area (Å²) < 4.78 is 5.68. The number of nitrogen functional groups attached to an aromatic ring is 1. The minimum absolute atomic E-state index is 0.355. The first kappa shape index (κ1) is 15.7. The van der Waals surface area contributed by atoms with Crippen molar-refractivity contribution < 1.29 is 4.74 Å². The molecule has 3 rings (SSSR count). The van der Waals surface area contributed by atoms with E-state index in [1.54, 1.807) is 0 Å². The Morgan fingerprint density at radius 2 is 1.67 bits per heavy atom. The lowest BCUT2D eigenvalue weighted by atomic mass is 10.2. The Balaban J connectivity index is 1.57. The third-order valence-corrected chi connectivity index (χ3v) is 3.44. The third-order valence-electron chi connectivity index (χ3n) is 3.44. The first-order valence-corrected chi connectivity index (χ1v) is 7.80. The number of aromatic nitrogens is 2. The average molecular weight is 321 g/mol. The molecule has 0 atom stereocenters. The third kappa shape index (κ3) is 4.19. The fourth-order valence-corrected chi connectivity index (χ4v) is 2.23. The van der Waals surface area contributed by atoms with Crippen LogP contribution in [0.15, 0.2) is 70.9 Å². The largest absolute Gasteiger partial charge is 0.494 e. The molecule has 0 amide bonds. The van der Waals surface area contributed by atoms with E-state index < -0.39 is 0 Å². The van der Waals surface area contributed by atoms with Crippen LogP contribution in [0.5, 0.6) is 5.75 Å². The minimum Gasteiger partial charge on any atom is -0.494 e. The lowest BCUT2D eigenvalue weighted by Gasteiger charge is -2.05. The van der Waals surface area contributed by atoms with E-state index in [-0.39, 0.29) is 0 Å². The van der Waals surface area contributed by atoms with Crippen LogP contribution in [0.3, 0.4) is 0 Å². The van der Waals surface area contributed by atoms with Gasteiger partial charge < -0.3 is 10.5 Å². The Morgan fingerprint density at radius 3 is 2.42 bits per heavy atom. The second-order valence-electron chi connectivity index (χ2n) is 5.24. The van der Waals surface area contributed by atoms with Gasteiger partial charge in [0.2, 0.25) is 0 Å². The Morgan fingerprint density at radius 1 is 0.958 bits per heavy atom. The summed E-state index contributed by atoms with van der Waals surface area (Å²) in [7, 11) is 0. The number of para-hydroxylation sites is 1. The van der Waals surface area contributed by atoms with Crippen LogP contribution in [0.4, 0.5) is 17.2 Å². The topological polar surface area (TPSA) is 88.6 Å². The summed E-state index contributed by atoms with van der Waals surface area (Å²) in [5.74, 6) is 1.22. The number of rotatable bonds is 7. The van der Waals surface area contributed by atoms with Crippen LogP contribution in [0.2, 0.25) is 0 Å². The van der Waals surface area contributed by atoms with Gasteiger partial charge in [0.05, 0.1) is 18.0 Å². The van der Waals surface area contributed by atoms with E-state index in [1.807, 2.05) is 60.7 Å². The van der Waals surface area contributed by atoms with Crippen molar-refractivity contribution in [2.75, 3.05) is 12.3 Å². The lowest BCUT2D eigenvalue weighted by Crippen LogP contribution is -1.99. The molecule has 1 aromatic heterocycles. The SMILES string of the molecule is Nc1n[nH]c(CCCOc2ccccc2)c1N=Nc1ccccc1. The summed E-state index contributed by atoms with van der Waals surface area (Å²) in [6.07, 6.45) is 1.56. The lowest BCUT2D eigenvalue weighted by molar-refractivity contribution is 0.310. The molecule has 0 fully saturated rings. The standard InChI is InChI=1S/C18H19N5O/c19-18-17(22-20-14-8-3-1-4-9-14)16(21-23-18)12-7-13-24-15-10-5-2-6-11-15/h1-6,8-11H,7,12-13H2,(H3,19,21,23). The summed E-state index contributed by atoms with van der Waals surface area (Å²) in [4.78, 5) is 0. The summed E-state index contributed by atoms with van der Waals surface area (Å²) in [5.41, 5.74) is 8.11. The number of H-pyrrole nitrogens is 1. The van der Waals surface area contributed by atoms with E-state index in [2.05, 4.69) is 20.4 Å². The predicted molar refractivity (Wildman–Crippen MR) is 93.9 cm³/mol. The van der Waals surface area contributed by atoms with Crippen molar-refractivity contribution in [3.63, 3.8) is 0 Å². The van der Waals surface area contributed by atoms with Gasteiger partial charge in [0.25, 0.3) is 0 Å². The molecule has 0 aliphatic rings. The molecule has 6 nitrogen and oxygen atoms in total. The smallest absolute Gasteiger partial charge is 0.173 e. The van der Waals surface area contributed by atoms with Crippen LogP contribution in [0.25, 0.3) is 0 Å². The molecule has 0 aliphatic heterocycles. The van der Waals surface area contributed by atoms with Gasteiger partial charge in [0, 0.05) is 0 Å². The first-order valence-electron chi connectivity index (χ1n) is 7.80. The highest BCUT2D eigenvalue weighted by molar-refractivity contribution is 5.60. The predicted octanol–water partition coefficient (Wildman–Crippen LogP) is 4.42. The van der Waals surface area contributed by atoms with Crippen molar-refractivity contribution >= 4 is 17.2 Å². The van der Waals surface area contributed by atoms with Gasteiger partial charge in [-0.1, -0.05) is 36.4 Å². The quantitative estimate of drug-likeness (QED) is 0.498. The molecule has 0 radical (unpaired) electrons. The molecule has 0 spiro atoms. The van der Waals surface area contributed by atoms with Gasteiger partial charge in [-0.05, 0) is 37.1 Å². The fourth-order valence-electron chi connectivity index (χ4n) is 2.23. The number of hydrogen-bond donors (Lipinski definition) is 2. The maximum atomic E-state index is 5.87. The fraction of sp³-hybridized carbons (Fsp3) is 0.167. The summed E-state index contributed by atoms with van der Waals surface area (Å²) in [6, 6.07) is 19.3.